The Kier molecular flexibility index (Phi) is 8.68. The number of rotatable bonds is 9. The van der Waals surface area contributed by atoms with E-state index in [0.717, 1.165) is 44.9 Å². The third-order valence-electron chi connectivity index (χ3n) is 8.41. The van der Waals surface area contributed by atoms with Crippen LogP contribution in [0, 0.1) is 23.6 Å². The van der Waals surface area contributed by atoms with Crippen molar-refractivity contribution < 1.29 is 41.8 Å². The molecule has 2 aliphatic heterocycles. The molecule has 0 aromatic heterocycles. The van der Waals surface area contributed by atoms with Crippen LogP contribution in [-0.4, -0.2) is 61.8 Å². The molecule has 1 saturated heterocycles. The summed E-state index contributed by atoms with van der Waals surface area (Å²) in [6, 6.07) is 1.92. The Bertz CT molecular complexity index is 1370. The van der Waals surface area contributed by atoms with Gasteiger partial charge in [0.05, 0.1) is 12.0 Å². The molecule has 11 nitrogen and oxygen atoms in total. The number of nitrogens with one attached hydrogen (secondary N) is 1. The van der Waals surface area contributed by atoms with Crippen molar-refractivity contribution in [2.75, 3.05) is 17.4 Å². The van der Waals surface area contributed by atoms with Crippen molar-refractivity contribution >= 4 is 39.4 Å². The topological polar surface area (TPSA) is 143 Å². The van der Waals surface area contributed by atoms with Crippen LogP contribution in [0.2, 0.25) is 0 Å². The van der Waals surface area contributed by atoms with Gasteiger partial charge in [0, 0.05) is 18.0 Å². The summed E-state index contributed by atoms with van der Waals surface area (Å²) in [5.74, 6) is -2.85. The minimum Gasteiger partial charge on any atom is -0.506 e. The molecule has 2 saturated carbocycles. The molecule has 5 rings (SSSR count). The van der Waals surface area contributed by atoms with Crippen LogP contribution in [0.3, 0.4) is 0 Å². The largest absolute Gasteiger partial charge is 0.506 e. The van der Waals surface area contributed by atoms with Gasteiger partial charge in [-0.2, -0.15) is 8.42 Å². The highest BCUT2D eigenvalue weighted by Gasteiger charge is 2.40. The number of amides is 2. The molecule has 0 spiro atoms. The second kappa shape index (κ2) is 12.1. The number of anilines is 1. The molecule has 42 heavy (non-hydrogen) atoms. The number of nitrogens with zero attached hydrogens (tertiary/aromatic N) is 2. The van der Waals surface area contributed by atoms with E-state index in [1.54, 1.807) is 18.6 Å². The fourth-order valence-corrected chi connectivity index (χ4v) is 7.10. The predicted molar refractivity (Wildman–Crippen MR) is 151 cm³/mol. The molecule has 0 bridgehead atoms. The molecule has 2 atom stereocenters. The Hall–Kier alpha value is -3.35. The lowest BCUT2D eigenvalue weighted by Gasteiger charge is -2.37. The van der Waals surface area contributed by atoms with Crippen molar-refractivity contribution in [1.82, 2.24) is 9.62 Å². The van der Waals surface area contributed by atoms with Gasteiger partial charge < -0.3 is 19.5 Å². The molecular formula is C29H38FN3O8S. The minimum atomic E-state index is -4.38. The van der Waals surface area contributed by atoms with Gasteiger partial charge in [0.2, 0.25) is 0 Å². The molecule has 2 N–H and O–H groups in total. The molecule has 230 valence electrons. The summed E-state index contributed by atoms with van der Waals surface area (Å²) >= 11 is 0. The van der Waals surface area contributed by atoms with E-state index < -0.39 is 58.3 Å². The quantitative estimate of drug-likeness (QED) is 0.314. The lowest BCUT2D eigenvalue weighted by Crippen LogP contribution is -2.46. The van der Waals surface area contributed by atoms with Crippen LogP contribution in [0.25, 0.3) is 5.57 Å². The van der Waals surface area contributed by atoms with E-state index in [1.165, 1.54) is 17.0 Å². The highest BCUT2D eigenvalue weighted by Crippen LogP contribution is 2.42. The van der Waals surface area contributed by atoms with Gasteiger partial charge in [-0.25, -0.2) is 18.2 Å². The Morgan fingerprint density at radius 1 is 1.12 bits per heavy atom. The van der Waals surface area contributed by atoms with E-state index in [2.05, 4.69) is 0 Å². The van der Waals surface area contributed by atoms with Gasteiger partial charge in [-0.05, 0) is 55.7 Å². The number of carbonyl (C=O) groups is 3. The average Bonchev–Trinajstić information content (AvgIpc) is 3.50. The molecule has 2 aliphatic carbocycles. The molecule has 3 fully saturated rings. The van der Waals surface area contributed by atoms with Crippen molar-refractivity contribution in [3.05, 3.63) is 29.6 Å². The number of ether oxygens (including phenoxy) is 2. The van der Waals surface area contributed by atoms with Gasteiger partial charge in [0.25, 0.3) is 12.2 Å². The first-order valence-electron chi connectivity index (χ1n) is 14.7. The van der Waals surface area contributed by atoms with Crippen molar-refractivity contribution in [3.8, 4) is 5.75 Å². The summed E-state index contributed by atoms with van der Waals surface area (Å²) < 4.78 is 54.7. The molecule has 13 heteroatoms. The van der Waals surface area contributed by atoms with Crippen LogP contribution in [0.1, 0.15) is 77.2 Å². The summed E-state index contributed by atoms with van der Waals surface area (Å²) in [6.45, 7) is 3.22. The predicted octanol–water partition coefficient (Wildman–Crippen LogP) is 4.21. The van der Waals surface area contributed by atoms with Crippen LogP contribution in [0.5, 0.6) is 5.75 Å². The fraction of sp³-hybridized carbons (Fsp3) is 0.621. The SMILES string of the molecule is CC(C)C(OC(=O)C1CCCC1)OC(=O)N1CCC=C(c2ccc(O)c(N3CC(=O)NS3(=O)=O)c2F)C1CCC1CC1. The van der Waals surface area contributed by atoms with Crippen LogP contribution in [0.15, 0.2) is 18.2 Å². The maximum atomic E-state index is 16.1. The van der Waals surface area contributed by atoms with Crippen molar-refractivity contribution in [2.45, 2.75) is 84.0 Å². The first-order valence-corrected chi connectivity index (χ1v) is 16.1. The van der Waals surface area contributed by atoms with Gasteiger partial charge in [-0.1, -0.05) is 45.6 Å². The molecule has 4 aliphatic rings. The van der Waals surface area contributed by atoms with Gasteiger partial charge in [-0.3, -0.25) is 9.59 Å². The minimum absolute atomic E-state index is 0.0173. The van der Waals surface area contributed by atoms with Gasteiger partial charge >= 0.3 is 22.3 Å². The highest BCUT2D eigenvalue weighted by atomic mass is 32.2. The number of phenolic OH excluding ortho intramolecular Hbond substituents is 1. The van der Waals surface area contributed by atoms with Gasteiger partial charge in [-0.15, -0.1) is 0 Å². The fourth-order valence-electron chi connectivity index (χ4n) is 5.93. The van der Waals surface area contributed by atoms with E-state index in [9.17, 15) is 27.9 Å². The molecular weight excluding hydrogens is 569 g/mol. The maximum Gasteiger partial charge on any atom is 0.413 e. The third kappa shape index (κ3) is 6.35. The number of aromatic hydroxyl groups is 1. The lowest BCUT2D eigenvalue weighted by molar-refractivity contribution is -0.181. The summed E-state index contributed by atoms with van der Waals surface area (Å²) in [5, 5.41) is 10.5. The van der Waals surface area contributed by atoms with Crippen molar-refractivity contribution in [1.29, 1.82) is 0 Å². The molecule has 2 amide bonds. The van der Waals surface area contributed by atoms with E-state index in [0.29, 0.717) is 35.2 Å². The van der Waals surface area contributed by atoms with E-state index in [-0.39, 0.29) is 23.4 Å². The first kappa shape index (κ1) is 30.1. The normalized spacial score (nSPS) is 23.1. The Labute approximate surface area is 245 Å². The summed E-state index contributed by atoms with van der Waals surface area (Å²) in [5.41, 5.74) is -0.160. The second-order valence-electron chi connectivity index (χ2n) is 11.9. The van der Waals surface area contributed by atoms with Crippen LogP contribution in [-0.2, 0) is 29.3 Å². The van der Waals surface area contributed by atoms with E-state index in [4.69, 9.17) is 9.47 Å². The Balaban J connectivity index is 1.42. The van der Waals surface area contributed by atoms with Crippen LogP contribution < -0.4 is 9.03 Å². The smallest absolute Gasteiger partial charge is 0.413 e. The monoisotopic (exact) mass is 607 g/mol. The zero-order valence-electron chi connectivity index (χ0n) is 23.9. The standard InChI is InChI=1S/C29H38FN3O8S/c1-17(2)28(40-27(36)19-6-3-4-7-19)41-29(37)32-15-5-8-20(22(32)13-11-18-9-10-18)21-12-14-23(34)26(25(21)30)33-16-24(35)31-42(33,38)39/h8,12,14,17-19,22,28,34H,3-7,9-11,13,15-16H2,1-2H3,(H,31,35). The highest BCUT2D eigenvalue weighted by molar-refractivity contribution is 7.92. The van der Waals surface area contributed by atoms with Gasteiger partial charge in [0.1, 0.15) is 18.0 Å². The Morgan fingerprint density at radius 3 is 2.45 bits per heavy atom. The van der Waals surface area contributed by atoms with Crippen LogP contribution in [0.4, 0.5) is 14.9 Å². The number of hydrogen-bond acceptors (Lipinski definition) is 8. The second-order valence-corrected chi connectivity index (χ2v) is 13.5. The maximum absolute atomic E-state index is 16.1. The number of halogens is 1. The van der Waals surface area contributed by atoms with Crippen LogP contribution >= 0.6 is 0 Å². The molecule has 0 radical (unpaired) electrons. The zero-order chi connectivity index (χ0) is 30.2. The van der Waals surface area contributed by atoms with Crippen molar-refractivity contribution in [3.63, 3.8) is 0 Å². The summed E-state index contributed by atoms with van der Waals surface area (Å²) in [7, 11) is -4.38. The average molecular weight is 608 g/mol. The number of phenols is 1. The van der Waals surface area contributed by atoms with Gasteiger partial charge in [0.15, 0.2) is 5.82 Å². The summed E-state index contributed by atoms with van der Waals surface area (Å²) in [6.07, 6.45) is 7.31. The molecule has 1 aromatic rings. The number of benzene rings is 1. The van der Waals surface area contributed by atoms with E-state index in [1.807, 2.05) is 6.08 Å². The zero-order valence-corrected chi connectivity index (χ0v) is 24.7. The molecule has 2 unspecified atom stereocenters. The lowest BCUT2D eigenvalue weighted by atomic mass is 9.89. The number of carbonyl (C=O) groups excluding carboxylic acids is 3. The molecule has 1 aromatic carbocycles. The first-order chi connectivity index (χ1) is 20.0. The Morgan fingerprint density at radius 2 is 1.83 bits per heavy atom. The van der Waals surface area contributed by atoms with Crippen molar-refractivity contribution in [2.24, 2.45) is 17.8 Å². The summed E-state index contributed by atoms with van der Waals surface area (Å²) in [4.78, 5) is 39.7. The molecule has 2 heterocycles. The number of hydrogen-bond donors (Lipinski definition) is 2. The number of esters is 1. The van der Waals surface area contributed by atoms with E-state index >= 15 is 4.39 Å². The third-order valence-corrected chi connectivity index (χ3v) is 9.78.